The molecule has 94 valence electrons. The molecule has 0 fully saturated rings. The zero-order valence-electron chi connectivity index (χ0n) is 10.0. The monoisotopic (exact) mass is 253 g/mol. The molecule has 0 aromatic heterocycles. The van der Waals surface area contributed by atoms with Crippen molar-refractivity contribution in [2.24, 2.45) is 5.18 Å². The van der Waals surface area contributed by atoms with E-state index in [1.165, 1.54) is 6.07 Å². The summed E-state index contributed by atoms with van der Waals surface area (Å²) in [7, 11) is 0. The van der Waals surface area contributed by atoms with Crippen LogP contribution >= 0.6 is 0 Å². The summed E-state index contributed by atoms with van der Waals surface area (Å²) in [6.07, 6.45) is 0.638. The van der Waals surface area contributed by atoms with Crippen LogP contribution in [0.3, 0.4) is 0 Å². The van der Waals surface area contributed by atoms with Gasteiger partial charge < -0.3 is 5.11 Å². The maximum atomic E-state index is 11.3. The quantitative estimate of drug-likeness (QED) is 0.836. The van der Waals surface area contributed by atoms with Crippen molar-refractivity contribution in [1.29, 1.82) is 0 Å². The normalized spacial score (nSPS) is 16.3. The lowest BCUT2D eigenvalue weighted by atomic mass is 9.80. The summed E-state index contributed by atoms with van der Waals surface area (Å²) in [6.45, 7) is 0. The summed E-state index contributed by atoms with van der Waals surface area (Å²) in [4.78, 5) is 22.5. The van der Waals surface area contributed by atoms with Crippen LogP contribution in [0.1, 0.15) is 38.7 Å². The topological polar surface area (TPSA) is 66.7 Å². The van der Waals surface area contributed by atoms with E-state index in [1.807, 2.05) is 30.3 Å². The fraction of sp³-hybridized carbons (Fsp3) is 0.133. The van der Waals surface area contributed by atoms with E-state index in [4.69, 9.17) is 0 Å². The molecule has 0 spiro atoms. The Kier molecular flexibility index (Phi) is 2.63. The Morgan fingerprint density at radius 2 is 1.84 bits per heavy atom. The maximum absolute atomic E-state index is 11.3. The van der Waals surface area contributed by atoms with Crippen molar-refractivity contribution in [1.82, 2.24) is 0 Å². The summed E-state index contributed by atoms with van der Waals surface area (Å²) in [5, 5.41) is 12.4. The molecule has 0 saturated carbocycles. The van der Waals surface area contributed by atoms with Crippen molar-refractivity contribution < 1.29 is 9.90 Å². The van der Waals surface area contributed by atoms with E-state index in [9.17, 15) is 14.8 Å². The molecule has 1 aliphatic carbocycles. The van der Waals surface area contributed by atoms with Gasteiger partial charge in [-0.05, 0) is 29.2 Å². The van der Waals surface area contributed by atoms with Gasteiger partial charge in [0.05, 0.1) is 5.56 Å². The first-order valence-corrected chi connectivity index (χ1v) is 5.97. The zero-order chi connectivity index (χ0) is 13.4. The molecule has 4 nitrogen and oxygen atoms in total. The fourth-order valence-corrected chi connectivity index (χ4v) is 2.71. The van der Waals surface area contributed by atoms with Crippen LogP contribution in [0.2, 0.25) is 0 Å². The first-order valence-electron chi connectivity index (χ1n) is 5.97. The van der Waals surface area contributed by atoms with Crippen molar-refractivity contribution in [2.75, 3.05) is 0 Å². The maximum Gasteiger partial charge on any atom is 0.336 e. The highest BCUT2D eigenvalue weighted by molar-refractivity contribution is 5.90. The number of rotatable bonds is 2. The summed E-state index contributed by atoms with van der Waals surface area (Å²) < 4.78 is 0. The van der Waals surface area contributed by atoms with E-state index >= 15 is 0 Å². The average molecular weight is 253 g/mol. The molecule has 1 unspecified atom stereocenters. The molecule has 0 radical (unpaired) electrons. The van der Waals surface area contributed by atoms with Crippen LogP contribution in [0, 0.1) is 4.91 Å². The summed E-state index contributed by atoms with van der Waals surface area (Å²) in [5.74, 6) is -1.02. The van der Waals surface area contributed by atoms with Gasteiger partial charge in [0.25, 0.3) is 0 Å². The minimum Gasteiger partial charge on any atom is -0.478 e. The lowest BCUT2D eigenvalue weighted by molar-refractivity contribution is 0.0695. The second-order valence-electron chi connectivity index (χ2n) is 4.57. The molecule has 0 aliphatic heterocycles. The third-order valence-electron chi connectivity index (χ3n) is 3.54. The summed E-state index contributed by atoms with van der Waals surface area (Å²) in [5.41, 5.74) is 3.39. The SMILES string of the molecule is O=NC1c2ccccc2Cc2cccc(C(=O)O)c21. The predicted molar refractivity (Wildman–Crippen MR) is 70.3 cm³/mol. The standard InChI is InChI=1S/C15H11NO3/c17-15(18)12-7-3-5-10-8-9-4-1-2-6-11(9)14(16-19)13(10)12/h1-7,14H,8H2,(H,17,18). The number of carboxylic acids is 1. The highest BCUT2D eigenvalue weighted by atomic mass is 16.4. The highest BCUT2D eigenvalue weighted by Gasteiger charge is 2.30. The molecule has 2 aromatic rings. The minimum atomic E-state index is -1.02. The Morgan fingerprint density at radius 1 is 1.11 bits per heavy atom. The fourth-order valence-electron chi connectivity index (χ4n) is 2.71. The van der Waals surface area contributed by atoms with Gasteiger partial charge in [-0.15, -0.1) is 4.91 Å². The van der Waals surface area contributed by atoms with Crippen LogP contribution in [-0.4, -0.2) is 11.1 Å². The van der Waals surface area contributed by atoms with E-state index in [0.29, 0.717) is 12.0 Å². The molecule has 0 amide bonds. The highest BCUT2D eigenvalue weighted by Crippen LogP contribution is 2.39. The lowest BCUT2D eigenvalue weighted by Crippen LogP contribution is -2.16. The number of nitrogens with zero attached hydrogens (tertiary/aromatic N) is 1. The number of fused-ring (bicyclic) bond motifs is 2. The molecule has 2 aromatic carbocycles. The molecule has 3 rings (SSSR count). The van der Waals surface area contributed by atoms with E-state index in [-0.39, 0.29) is 5.56 Å². The number of hydrogen-bond acceptors (Lipinski definition) is 3. The molecular formula is C15H11NO3. The van der Waals surface area contributed by atoms with Crippen LogP contribution in [0.4, 0.5) is 0 Å². The van der Waals surface area contributed by atoms with Gasteiger partial charge in [0.15, 0.2) is 0 Å². The van der Waals surface area contributed by atoms with Crippen LogP contribution in [0.25, 0.3) is 0 Å². The van der Waals surface area contributed by atoms with Gasteiger partial charge in [-0.1, -0.05) is 41.6 Å². The number of carbonyl (C=O) groups is 1. The minimum absolute atomic E-state index is 0.164. The third kappa shape index (κ3) is 1.73. The van der Waals surface area contributed by atoms with Crippen molar-refractivity contribution in [3.8, 4) is 0 Å². The Bertz CT molecular complexity index is 679. The summed E-state index contributed by atoms with van der Waals surface area (Å²) >= 11 is 0. The number of aromatic carboxylic acids is 1. The Hall–Kier alpha value is -2.49. The first kappa shape index (κ1) is 11.6. The van der Waals surface area contributed by atoms with E-state index in [1.54, 1.807) is 6.07 Å². The largest absolute Gasteiger partial charge is 0.478 e. The van der Waals surface area contributed by atoms with Crippen LogP contribution in [-0.2, 0) is 6.42 Å². The molecule has 1 aliphatic rings. The smallest absolute Gasteiger partial charge is 0.336 e. The third-order valence-corrected chi connectivity index (χ3v) is 3.54. The second-order valence-corrected chi connectivity index (χ2v) is 4.57. The van der Waals surface area contributed by atoms with Gasteiger partial charge in [-0.3, -0.25) is 0 Å². The number of nitroso groups, excluding NO2 is 1. The van der Waals surface area contributed by atoms with E-state index in [2.05, 4.69) is 5.18 Å². The molecule has 1 N–H and O–H groups in total. The molecule has 0 bridgehead atoms. The van der Waals surface area contributed by atoms with Crippen molar-refractivity contribution in [3.05, 3.63) is 75.2 Å². The predicted octanol–water partition coefficient (Wildman–Crippen LogP) is 3.14. The molecule has 19 heavy (non-hydrogen) atoms. The Morgan fingerprint density at radius 3 is 2.58 bits per heavy atom. The van der Waals surface area contributed by atoms with Gasteiger partial charge in [-0.25, -0.2) is 4.79 Å². The van der Waals surface area contributed by atoms with Crippen LogP contribution in [0.5, 0.6) is 0 Å². The van der Waals surface area contributed by atoms with E-state index < -0.39 is 12.0 Å². The second kappa shape index (κ2) is 4.31. The Balaban J connectivity index is 2.27. The van der Waals surface area contributed by atoms with Gasteiger partial charge in [0, 0.05) is 5.56 Å². The van der Waals surface area contributed by atoms with Crippen LogP contribution < -0.4 is 0 Å². The molecular weight excluding hydrogens is 242 g/mol. The molecule has 0 saturated heterocycles. The zero-order valence-corrected chi connectivity index (χ0v) is 10.0. The summed E-state index contributed by atoms with van der Waals surface area (Å²) in [6, 6.07) is 11.9. The molecule has 1 atom stereocenters. The lowest BCUT2D eigenvalue weighted by Gasteiger charge is -2.25. The van der Waals surface area contributed by atoms with Gasteiger partial charge in [0.1, 0.15) is 6.04 Å². The number of benzene rings is 2. The molecule has 4 heteroatoms. The van der Waals surface area contributed by atoms with Gasteiger partial charge in [-0.2, -0.15) is 0 Å². The van der Waals surface area contributed by atoms with Gasteiger partial charge >= 0.3 is 5.97 Å². The molecule has 0 heterocycles. The Labute approximate surface area is 109 Å². The number of carboxylic acid groups (broad SMARTS) is 1. The first-order chi connectivity index (χ1) is 9.22. The van der Waals surface area contributed by atoms with Crippen molar-refractivity contribution >= 4 is 5.97 Å². The van der Waals surface area contributed by atoms with Crippen molar-refractivity contribution in [2.45, 2.75) is 12.5 Å². The number of hydrogen-bond donors (Lipinski definition) is 1. The van der Waals surface area contributed by atoms with Crippen LogP contribution in [0.15, 0.2) is 47.6 Å². The van der Waals surface area contributed by atoms with Gasteiger partial charge in [0.2, 0.25) is 0 Å². The van der Waals surface area contributed by atoms with E-state index in [0.717, 1.165) is 16.7 Å². The average Bonchev–Trinajstić information content (AvgIpc) is 2.43. The van der Waals surface area contributed by atoms with Crippen molar-refractivity contribution in [3.63, 3.8) is 0 Å².